The van der Waals surface area contributed by atoms with Crippen molar-refractivity contribution in [1.82, 2.24) is 35.0 Å². The summed E-state index contributed by atoms with van der Waals surface area (Å²) in [4.78, 5) is 21.4. The molecule has 0 aliphatic carbocycles. The number of rotatable bonds is 6. The zero-order chi connectivity index (χ0) is 34.1. The minimum Gasteiger partial charge on any atom is -0.475 e. The third-order valence-electron chi connectivity index (χ3n) is 9.22. The van der Waals surface area contributed by atoms with E-state index in [0.717, 1.165) is 25.6 Å². The van der Waals surface area contributed by atoms with Crippen LogP contribution in [0.2, 0.25) is 0 Å². The summed E-state index contributed by atoms with van der Waals surface area (Å²) in [6.07, 6.45) is -0.808. The second-order valence-electron chi connectivity index (χ2n) is 12.4. The Morgan fingerprint density at radius 3 is 2.69 bits per heavy atom. The van der Waals surface area contributed by atoms with Crippen molar-refractivity contribution in [2.45, 2.75) is 57.9 Å². The summed E-state index contributed by atoms with van der Waals surface area (Å²) in [5, 5.41) is 6.63. The average Bonchev–Trinajstić information content (AvgIpc) is 3.64. The number of aromatic amines is 1. The molecule has 0 radical (unpaired) electrons. The summed E-state index contributed by atoms with van der Waals surface area (Å²) in [6, 6.07) is 1.26. The number of nitrogens with zero attached hydrogens (tertiary/aromatic N) is 7. The molecule has 16 heteroatoms. The van der Waals surface area contributed by atoms with Gasteiger partial charge >= 0.3 is 12.2 Å². The van der Waals surface area contributed by atoms with Crippen molar-refractivity contribution in [1.29, 1.82) is 0 Å². The van der Waals surface area contributed by atoms with Crippen LogP contribution >= 0.6 is 0 Å². The number of nitrogens with two attached hydrogens (primary N) is 1. The highest BCUT2D eigenvalue weighted by atomic mass is 19.4. The SMILES string of the molecule is Cc1cc2[nH]ncc2c(-c2nc3c4c(nc(OC[C@H]5CCCN5C)nc4c2F)N([C@H](C)c2cc(F)cnc2N)[C@@H](C)CO3)c1C(F)(F)F. The largest absolute Gasteiger partial charge is 0.475 e. The number of anilines is 2. The summed E-state index contributed by atoms with van der Waals surface area (Å²) in [5.41, 5.74) is 4.12. The van der Waals surface area contributed by atoms with Gasteiger partial charge in [0.15, 0.2) is 5.82 Å². The zero-order valence-corrected chi connectivity index (χ0v) is 26.5. The van der Waals surface area contributed by atoms with Crippen LogP contribution in [0.25, 0.3) is 33.1 Å². The van der Waals surface area contributed by atoms with Crippen molar-refractivity contribution in [2.24, 2.45) is 0 Å². The lowest BCUT2D eigenvalue weighted by molar-refractivity contribution is -0.137. The lowest BCUT2D eigenvalue weighted by Crippen LogP contribution is -2.39. The average molecular weight is 670 g/mol. The third kappa shape index (κ3) is 5.27. The molecule has 1 fully saturated rings. The number of aromatic nitrogens is 6. The fourth-order valence-electron chi connectivity index (χ4n) is 6.83. The van der Waals surface area contributed by atoms with E-state index in [1.54, 1.807) is 11.8 Å². The van der Waals surface area contributed by atoms with Gasteiger partial charge in [-0.3, -0.25) is 5.10 Å². The topological polar surface area (TPSA) is 131 Å². The van der Waals surface area contributed by atoms with Gasteiger partial charge in [-0.1, -0.05) is 0 Å². The van der Waals surface area contributed by atoms with Gasteiger partial charge in [-0.25, -0.2) is 18.7 Å². The second kappa shape index (κ2) is 11.7. The number of likely N-dealkylation sites (N-methyl/N-ethyl adjacent to an activating group) is 1. The molecule has 0 spiro atoms. The minimum absolute atomic E-state index is 0.0189. The van der Waals surface area contributed by atoms with Gasteiger partial charge in [0.1, 0.15) is 47.3 Å². The molecule has 0 saturated carbocycles. The quantitative estimate of drug-likeness (QED) is 0.209. The summed E-state index contributed by atoms with van der Waals surface area (Å²) in [5.74, 6) is -1.69. The molecule has 3 atom stereocenters. The molecule has 6 heterocycles. The van der Waals surface area contributed by atoms with Crippen LogP contribution < -0.4 is 20.1 Å². The number of alkyl halides is 3. The van der Waals surface area contributed by atoms with Crippen molar-refractivity contribution in [2.75, 3.05) is 37.4 Å². The predicted octanol–water partition coefficient (Wildman–Crippen LogP) is 5.97. The second-order valence-corrected chi connectivity index (χ2v) is 12.4. The van der Waals surface area contributed by atoms with Crippen LogP contribution in [0, 0.1) is 18.6 Å². The smallest absolute Gasteiger partial charge is 0.417 e. The van der Waals surface area contributed by atoms with Crippen LogP contribution in [0.5, 0.6) is 11.9 Å². The van der Waals surface area contributed by atoms with Gasteiger partial charge in [0.05, 0.1) is 35.6 Å². The van der Waals surface area contributed by atoms with Crippen molar-refractivity contribution in [3.8, 4) is 23.1 Å². The number of pyridine rings is 2. The van der Waals surface area contributed by atoms with Gasteiger partial charge in [0.25, 0.3) is 0 Å². The number of nitrogens with one attached hydrogen (secondary N) is 1. The summed E-state index contributed by atoms with van der Waals surface area (Å²) >= 11 is 0. The van der Waals surface area contributed by atoms with Crippen molar-refractivity contribution in [3.63, 3.8) is 0 Å². The summed E-state index contributed by atoms with van der Waals surface area (Å²) in [7, 11) is 1.97. The van der Waals surface area contributed by atoms with Crippen LogP contribution in [0.1, 0.15) is 49.4 Å². The van der Waals surface area contributed by atoms with Gasteiger partial charge in [0.2, 0.25) is 5.88 Å². The van der Waals surface area contributed by atoms with E-state index >= 15 is 4.39 Å². The van der Waals surface area contributed by atoms with E-state index in [4.69, 9.17) is 20.2 Å². The first-order valence-corrected chi connectivity index (χ1v) is 15.4. The molecular weight excluding hydrogens is 637 g/mol. The standard InChI is InChI=1S/C32H32F5N9O2/c1-14-8-21-20(11-40-44-21)22(24(14)32(35,36)37)26-25(34)27-23-29(43-31(42-27)48-13-18-6-5-7-45(18)4)46(15(2)12-47-30(23)41-26)16(3)19-9-17(33)10-39-28(19)38/h8-11,15-16,18H,5-7,12-13H2,1-4H3,(H2,38,39)(H,40,44)/t15-,16+,18+/m0/s1. The fraction of sp³-hybridized carbons (Fsp3) is 0.406. The molecule has 1 saturated heterocycles. The first kappa shape index (κ1) is 31.7. The van der Waals surface area contributed by atoms with E-state index < -0.39 is 46.7 Å². The Morgan fingerprint density at radius 1 is 1.17 bits per heavy atom. The van der Waals surface area contributed by atoms with E-state index in [1.807, 2.05) is 14.0 Å². The predicted molar refractivity (Wildman–Crippen MR) is 168 cm³/mol. The maximum atomic E-state index is 17.0. The minimum atomic E-state index is -4.86. The number of likely N-dealkylation sites (tertiary alicyclic amines) is 1. The molecule has 5 aromatic rings. The number of hydrogen-bond acceptors (Lipinski definition) is 10. The zero-order valence-electron chi connectivity index (χ0n) is 26.5. The molecule has 48 heavy (non-hydrogen) atoms. The van der Waals surface area contributed by atoms with E-state index in [-0.39, 0.29) is 70.2 Å². The van der Waals surface area contributed by atoms with Crippen molar-refractivity contribution < 1.29 is 31.4 Å². The Bertz CT molecular complexity index is 2050. The lowest BCUT2D eigenvalue weighted by atomic mass is 9.94. The Hall–Kier alpha value is -4.86. The summed E-state index contributed by atoms with van der Waals surface area (Å²) < 4.78 is 87.5. The number of benzene rings is 1. The third-order valence-corrected chi connectivity index (χ3v) is 9.22. The van der Waals surface area contributed by atoms with Gasteiger partial charge in [0, 0.05) is 22.6 Å². The Kier molecular flexibility index (Phi) is 7.72. The number of aryl methyl sites for hydroxylation is 1. The molecule has 252 valence electrons. The van der Waals surface area contributed by atoms with Crippen LogP contribution in [-0.4, -0.2) is 73.9 Å². The van der Waals surface area contributed by atoms with E-state index in [2.05, 4.69) is 30.0 Å². The molecule has 7 rings (SSSR count). The van der Waals surface area contributed by atoms with Crippen molar-refractivity contribution in [3.05, 3.63) is 52.9 Å². The molecule has 0 bridgehead atoms. The van der Waals surface area contributed by atoms with Crippen molar-refractivity contribution >= 4 is 33.4 Å². The number of halogens is 5. The Morgan fingerprint density at radius 2 is 1.96 bits per heavy atom. The van der Waals surface area contributed by atoms with E-state index in [1.165, 1.54) is 25.3 Å². The number of nitrogen functional groups attached to an aromatic ring is 1. The molecule has 0 amide bonds. The maximum Gasteiger partial charge on any atom is 0.417 e. The molecule has 1 aromatic carbocycles. The Balaban J connectivity index is 1.50. The number of hydrogen-bond donors (Lipinski definition) is 2. The van der Waals surface area contributed by atoms with E-state index in [0.29, 0.717) is 5.56 Å². The van der Waals surface area contributed by atoms with E-state index in [9.17, 15) is 17.6 Å². The first-order chi connectivity index (χ1) is 22.8. The first-order valence-electron chi connectivity index (χ1n) is 15.4. The number of ether oxygens (including phenoxy) is 2. The molecule has 0 unspecified atom stereocenters. The maximum absolute atomic E-state index is 17.0. The monoisotopic (exact) mass is 669 g/mol. The van der Waals surface area contributed by atoms with Crippen LogP contribution in [0.3, 0.4) is 0 Å². The number of fused-ring (bicyclic) bond motifs is 1. The van der Waals surface area contributed by atoms with Gasteiger partial charge in [-0.05, 0) is 64.9 Å². The van der Waals surface area contributed by atoms with Gasteiger partial charge < -0.3 is 25.0 Å². The summed E-state index contributed by atoms with van der Waals surface area (Å²) in [6.45, 7) is 5.89. The molecular formula is C32H32F5N9O2. The van der Waals surface area contributed by atoms with Crippen LogP contribution in [0.4, 0.5) is 33.6 Å². The normalized spacial score (nSPS) is 19.1. The Labute approximate surface area is 271 Å². The number of H-pyrrole nitrogens is 1. The highest BCUT2D eigenvalue weighted by molar-refractivity contribution is 6.02. The van der Waals surface area contributed by atoms with Crippen LogP contribution in [0.15, 0.2) is 24.5 Å². The van der Waals surface area contributed by atoms with Gasteiger partial charge in [-0.15, -0.1) is 0 Å². The lowest BCUT2D eigenvalue weighted by Gasteiger charge is -2.35. The van der Waals surface area contributed by atoms with Gasteiger partial charge in [-0.2, -0.15) is 28.2 Å². The molecule has 2 aliphatic heterocycles. The molecule has 3 N–H and O–H groups in total. The molecule has 4 aromatic heterocycles. The fourth-order valence-corrected chi connectivity index (χ4v) is 6.83. The highest BCUT2D eigenvalue weighted by Crippen LogP contribution is 2.47. The molecule has 11 nitrogen and oxygen atoms in total. The molecule has 2 aliphatic rings. The van der Waals surface area contributed by atoms with Crippen LogP contribution in [-0.2, 0) is 6.18 Å². The highest BCUT2D eigenvalue weighted by Gasteiger charge is 2.40.